The van der Waals surface area contributed by atoms with E-state index in [1.165, 1.54) is 7.11 Å². The van der Waals surface area contributed by atoms with Crippen LogP contribution in [0.3, 0.4) is 0 Å². The minimum atomic E-state index is -0.382. The van der Waals surface area contributed by atoms with E-state index in [0.29, 0.717) is 30.6 Å². The smallest absolute Gasteiger partial charge is 0.338 e. The van der Waals surface area contributed by atoms with Crippen LogP contribution in [0.2, 0.25) is 0 Å². The fourth-order valence-corrected chi connectivity index (χ4v) is 2.78. The Hall–Kier alpha value is -3.41. The van der Waals surface area contributed by atoms with Gasteiger partial charge in [0.2, 0.25) is 5.91 Å². The molecule has 1 heterocycles. The molecule has 0 fully saturated rings. The molecule has 0 bridgehead atoms. The molecule has 3 rings (SSSR count). The average Bonchev–Trinajstić information content (AvgIpc) is 3.13. The first-order valence-electron chi connectivity index (χ1n) is 8.68. The van der Waals surface area contributed by atoms with Gasteiger partial charge in [-0.2, -0.15) is 5.10 Å². The molecule has 0 spiro atoms. The van der Waals surface area contributed by atoms with Crippen molar-refractivity contribution in [3.63, 3.8) is 0 Å². The molecule has 0 saturated carbocycles. The first-order valence-corrected chi connectivity index (χ1v) is 8.68. The number of benzene rings is 2. The van der Waals surface area contributed by atoms with Gasteiger partial charge in [0, 0.05) is 12.6 Å². The number of carbonyl (C=O) groups excluding carboxylic acids is 2. The lowest BCUT2D eigenvalue weighted by molar-refractivity contribution is -0.116. The highest BCUT2D eigenvalue weighted by Gasteiger charge is 2.12. The third kappa shape index (κ3) is 5.04. The Bertz CT molecular complexity index is 919. The lowest BCUT2D eigenvalue weighted by atomic mass is 10.1. The highest BCUT2D eigenvalue weighted by atomic mass is 16.5. The zero-order valence-corrected chi connectivity index (χ0v) is 15.1. The summed E-state index contributed by atoms with van der Waals surface area (Å²) in [6.45, 7) is 0.408. The normalized spacial score (nSPS) is 10.4. The number of aryl methyl sites for hydroxylation is 1. The van der Waals surface area contributed by atoms with Gasteiger partial charge in [-0.15, -0.1) is 0 Å². The Labute approximate surface area is 157 Å². The number of esters is 1. The van der Waals surface area contributed by atoms with Crippen molar-refractivity contribution in [3.8, 4) is 0 Å². The number of nitrogens with zero attached hydrogens (tertiary/aromatic N) is 2. The summed E-state index contributed by atoms with van der Waals surface area (Å²) in [6, 6.07) is 17.1. The number of aromatic nitrogens is 2. The van der Waals surface area contributed by atoms with Gasteiger partial charge in [0.15, 0.2) is 0 Å². The van der Waals surface area contributed by atoms with Crippen molar-refractivity contribution in [3.05, 3.63) is 83.7 Å². The van der Waals surface area contributed by atoms with Gasteiger partial charge in [0.25, 0.3) is 0 Å². The van der Waals surface area contributed by atoms with E-state index >= 15 is 0 Å². The van der Waals surface area contributed by atoms with Gasteiger partial charge < -0.3 is 10.1 Å². The van der Waals surface area contributed by atoms with Crippen LogP contribution in [0.1, 0.15) is 27.9 Å². The number of ether oxygens (including phenoxy) is 1. The highest BCUT2D eigenvalue weighted by molar-refractivity contribution is 5.91. The van der Waals surface area contributed by atoms with Gasteiger partial charge in [0.1, 0.15) is 0 Å². The molecule has 6 heteroatoms. The topological polar surface area (TPSA) is 73.2 Å². The van der Waals surface area contributed by atoms with E-state index in [-0.39, 0.29) is 11.9 Å². The number of amides is 1. The van der Waals surface area contributed by atoms with Crippen LogP contribution in [0.4, 0.5) is 5.69 Å². The average molecular weight is 363 g/mol. The second-order valence-corrected chi connectivity index (χ2v) is 6.11. The first kappa shape index (κ1) is 18.4. The van der Waals surface area contributed by atoms with E-state index in [2.05, 4.69) is 10.4 Å². The summed E-state index contributed by atoms with van der Waals surface area (Å²) < 4.78 is 6.49. The Balaban J connectivity index is 1.59. The van der Waals surface area contributed by atoms with Crippen molar-refractivity contribution in [2.24, 2.45) is 0 Å². The molecule has 0 aliphatic rings. The molecule has 2 aromatic carbocycles. The van der Waals surface area contributed by atoms with E-state index in [1.54, 1.807) is 29.2 Å². The van der Waals surface area contributed by atoms with E-state index < -0.39 is 0 Å². The Kier molecular flexibility index (Phi) is 5.99. The van der Waals surface area contributed by atoms with Crippen molar-refractivity contribution >= 4 is 17.6 Å². The molecule has 0 atom stereocenters. The molecule has 6 nitrogen and oxygen atoms in total. The van der Waals surface area contributed by atoms with Gasteiger partial charge >= 0.3 is 5.97 Å². The molecular formula is C21H21N3O3. The number of hydrogen-bond acceptors (Lipinski definition) is 4. The van der Waals surface area contributed by atoms with E-state index in [0.717, 1.165) is 11.1 Å². The predicted molar refractivity (Wildman–Crippen MR) is 103 cm³/mol. The van der Waals surface area contributed by atoms with Crippen molar-refractivity contribution < 1.29 is 14.3 Å². The molecule has 1 N–H and O–H groups in total. The van der Waals surface area contributed by atoms with Crippen molar-refractivity contribution in [2.75, 3.05) is 12.4 Å². The third-order valence-electron chi connectivity index (χ3n) is 4.16. The molecule has 0 unspecified atom stereocenters. The zero-order chi connectivity index (χ0) is 19.1. The summed E-state index contributed by atoms with van der Waals surface area (Å²) >= 11 is 0. The third-order valence-corrected chi connectivity index (χ3v) is 4.16. The lowest BCUT2D eigenvalue weighted by Crippen LogP contribution is -2.12. The molecule has 138 valence electrons. The molecule has 0 aliphatic heterocycles. The molecule has 0 saturated heterocycles. The number of carbonyl (C=O) groups is 2. The van der Waals surface area contributed by atoms with Crippen LogP contribution in [0.15, 0.2) is 67.0 Å². The van der Waals surface area contributed by atoms with Gasteiger partial charge in [-0.1, -0.05) is 48.5 Å². The number of rotatable bonds is 7. The summed E-state index contributed by atoms with van der Waals surface area (Å²) in [5.74, 6) is -0.444. The maximum Gasteiger partial charge on any atom is 0.338 e. The molecule has 3 aromatic rings. The first-order chi connectivity index (χ1) is 13.2. The SMILES string of the molecule is COC(=O)c1ccccc1Cn1cc(NC(=O)CCc2ccccc2)cn1. The maximum atomic E-state index is 12.1. The molecule has 1 amide bonds. The Morgan fingerprint density at radius 3 is 2.59 bits per heavy atom. The minimum absolute atomic E-state index is 0.0617. The van der Waals surface area contributed by atoms with E-state index in [4.69, 9.17) is 4.74 Å². The van der Waals surface area contributed by atoms with Crippen molar-refractivity contribution in [1.82, 2.24) is 9.78 Å². The van der Waals surface area contributed by atoms with Crippen LogP contribution >= 0.6 is 0 Å². The molecule has 1 aromatic heterocycles. The molecule has 0 aliphatic carbocycles. The second kappa shape index (κ2) is 8.80. The summed E-state index contributed by atoms with van der Waals surface area (Å²) in [5.41, 5.74) is 3.06. The number of methoxy groups -OCH3 is 1. The summed E-state index contributed by atoms with van der Waals surface area (Å²) in [4.78, 5) is 24.0. The fraction of sp³-hybridized carbons (Fsp3) is 0.190. The number of anilines is 1. The summed E-state index contributed by atoms with van der Waals surface area (Å²) in [7, 11) is 1.36. The predicted octanol–water partition coefficient (Wildman–Crippen LogP) is 3.29. The molecule has 0 radical (unpaired) electrons. The van der Waals surface area contributed by atoms with Crippen molar-refractivity contribution in [1.29, 1.82) is 0 Å². The lowest BCUT2D eigenvalue weighted by Gasteiger charge is -2.07. The molecule has 27 heavy (non-hydrogen) atoms. The maximum absolute atomic E-state index is 12.1. The Morgan fingerprint density at radius 1 is 1.07 bits per heavy atom. The largest absolute Gasteiger partial charge is 0.465 e. The van der Waals surface area contributed by atoms with Gasteiger partial charge in [-0.05, 0) is 23.6 Å². The van der Waals surface area contributed by atoms with Crippen LogP contribution in [0, 0.1) is 0 Å². The number of nitrogens with one attached hydrogen (secondary N) is 1. The van der Waals surface area contributed by atoms with Crippen LogP contribution in [-0.2, 0) is 22.5 Å². The van der Waals surface area contributed by atoms with Crippen LogP contribution in [-0.4, -0.2) is 28.8 Å². The van der Waals surface area contributed by atoms with E-state index in [1.807, 2.05) is 42.5 Å². The zero-order valence-electron chi connectivity index (χ0n) is 15.1. The highest BCUT2D eigenvalue weighted by Crippen LogP contribution is 2.14. The van der Waals surface area contributed by atoms with Crippen molar-refractivity contribution in [2.45, 2.75) is 19.4 Å². The summed E-state index contributed by atoms with van der Waals surface area (Å²) in [5, 5.41) is 7.11. The van der Waals surface area contributed by atoms with Crippen LogP contribution < -0.4 is 5.32 Å². The fourth-order valence-electron chi connectivity index (χ4n) is 2.78. The van der Waals surface area contributed by atoms with Crippen LogP contribution in [0.5, 0.6) is 0 Å². The van der Waals surface area contributed by atoms with Gasteiger partial charge in [-0.25, -0.2) is 4.79 Å². The van der Waals surface area contributed by atoms with Gasteiger partial charge in [-0.3, -0.25) is 9.48 Å². The Morgan fingerprint density at radius 2 is 1.81 bits per heavy atom. The number of hydrogen-bond donors (Lipinski definition) is 1. The molecular weight excluding hydrogens is 342 g/mol. The summed E-state index contributed by atoms with van der Waals surface area (Å²) in [6.07, 6.45) is 4.43. The standard InChI is InChI=1S/C21H21N3O3/c1-27-21(26)19-10-6-5-9-17(19)14-24-15-18(13-22-24)23-20(25)12-11-16-7-3-2-4-8-16/h2-10,13,15H,11-12,14H2,1H3,(H,23,25). The monoisotopic (exact) mass is 363 g/mol. The van der Waals surface area contributed by atoms with Crippen LogP contribution in [0.25, 0.3) is 0 Å². The van der Waals surface area contributed by atoms with E-state index in [9.17, 15) is 9.59 Å². The van der Waals surface area contributed by atoms with Gasteiger partial charge in [0.05, 0.1) is 31.1 Å². The quantitative estimate of drug-likeness (QED) is 0.654. The second-order valence-electron chi connectivity index (χ2n) is 6.11. The minimum Gasteiger partial charge on any atom is -0.465 e.